The average Bonchev–Trinajstić information content (AvgIpc) is 3.11. The van der Waals surface area contributed by atoms with Crippen LogP contribution in [0.2, 0.25) is 0 Å². The molecule has 0 bridgehead atoms. The molecule has 0 spiro atoms. The van der Waals surface area contributed by atoms with Crippen LogP contribution in [-0.4, -0.2) is 47.3 Å². The molecule has 1 heterocycles. The molecule has 0 saturated carbocycles. The summed E-state index contributed by atoms with van der Waals surface area (Å²) < 4.78 is 17.1. The summed E-state index contributed by atoms with van der Waals surface area (Å²) in [6.07, 6.45) is 1.42. The standard InChI is InChI=1S/C19H19N5O5/c1-12(25)29-19-16(27-2)8-13(9-17(19)28-3)10-20-22-18(26)11-24-15-7-5-4-6-14(15)21-23-24/h4-10H,11H2,1-3H3,(H,22,26)/b20-10+. The first-order valence-electron chi connectivity index (χ1n) is 8.56. The number of benzene rings is 2. The first kappa shape index (κ1) is 19.8. The predicted molar refractivity (Wildman–Crippen MR) is 104 cm³/mol. The fourth-order valence-electron chi connectivity index (χ4n) is 2.60. The second kappa shape index (κ2) is 8.83. The van der Waals surface area contributed by atoms with Gasteiger partial charge in [0.15, 0.2) is 11.5 Å². The molecule has 0 fully saturated rings. The zero-order chi connectivity index (χ0) is 20.8. The van der Waals surface area contributed by atoms with Crippen LogP contribution in [0.15, 0.2) is 41.5 Å². The monoisotopic (exact) mass is 397 g/mol. The van der Waals surface area contributed by atoms with Crippen molar-refractivity contribution in [3.05, 3.63) is 42.0 Å². The smallest absolute Gasteiger partial charge is 0.308 e. The van der Waals surface area contributed by atoms with Gasteiger partial charge in [-0.1, -0.05) is 17.3 Å². The highest BCUT2D eigenvalue weighted by Gasteiger charge is 2.15. The topological polar surface area (TPSA) is 117 Å². The van der Waals surface area contributed by atoms with Crippen molar-refractivity contribution in [2.24, 2.45) is 5.10 Å². The number of carbonyl (C=O) groups excluding carboxylic acids is 2. The molecule has 150 valence electrons. The van der Waals surface area contributed by atoms with Crippen molar-refractivity contribution in [1.82, 2.24) is 20.4 Å². The highest BCUT2D eigenvalue weighted by Crippen LogP contribution is 2.38. The van der Waals surface area contributed by atoms with Crippen molar-refractivity contribution in [3.63, 3.8) is 0 Å². The fourth-order valence-corrected chi connectivity index (χ4v) is 2.60. The van der Waals surface area contributed by atoms with Gasteiger partial charge in [0.05, 0.1) is 26.0 Å². The molecule has 0 atom stereocenters. The molecule has 1 aromatic heterocycles. The van der Waals surface area contributed by atoms with E-state index in [4.69, 9.17) is 14.2 Å². The molecule has 1 amide bonds. The lowest BCUT2D eigenvalue weighted by molar-refractivity contribution is -0.132. The molecule has 1 N–H and O–H groups in total. The highest BCUT2D eigenvalue weighted by molar-refractivity contribution is 5.85. The molecule has 0 aliphatic carbocycles. The third kappa shape index (κ3) is 4.67. The van der Waals surface area contributed by atoms with Gasteiger partial charge in [-0.25, -0.2) is 10.1 Å². The Labute approximate surface area is 166 Å². The Bertz CT molecular complexity index is 1050. The van der Waals surface area contributed by atoms with E-state index < -0.39 is 5.97 Å². The van der Waals surface area contributed by atoms with Gasteiger partial charge in [0, 0.05) is 12.5 Å². The summed E-state index contributed by atoms with van der Waals surface area (Å²) in [6.45, 7) is 1.25. The van der Waals surface area contributed by atoms with Gasteiger partial charge in [-0.2, -0.15) is 5.10 Å². The molecule has 0 unspecified atom stereocenters. The van der Waals surface area contributed by atoms with E-state index in [0.717, 1.165) is 5.52 Å². The molecule has 0 saturated heterocycles. The van der Waals surface area contributed by atoms with E-state index in [1.54, 1.807) is 12.1 Å². The minimum absolute atomic E-state index is 0.0319. The third-order valence-corrected chi connectivity index (χ3v) is 3.85. The van der Waals surface area contributed by atoms with Crippen LogP contribution < -0.4 is 19.6 Å². The zero-order valence-electron chi connectivity index (χ0n) is 16.1. The molecule has 0 aliphatic rings. The number of rotatable bonds is 7. The average molecular weight is 397 g/mol. The van der Waals surface area contributed by atoms with Gasteiger partial charge in [0.1, 0.15) is 12.1 Å². The van der Waals surface area contributed by atoms with Gasteiger partial charge in [0.2, 0.25) is 5.75 Å². The van der Waals surface area contributed by atoms with Crippen LogP contribution in [0.4, 0.5) is 0 Å². The minimum atomic E-state index is -0.504. The van der Waals surface area contributed by atoms with Gasteiger partial charge in [-0.15, -0.1) is 5.10 Å². The maximum atomic E-state index is 12.1. The lowest BCUT2D eigenvalue weighted by Gasteiger charge is -2.13. The molecule has 10 heteroatoms. The number of esters is 1. The largest absolute Gasteiger partial charge is 0.493 e. The Morgan fingerprint density at radius 3 is 2.52 bits per heavy atom. The normalized spacial score (nSPS) is 10.9. The van der Waals surface area contributed by atoms with Crippen LogP contribution in [0.3, 0.4) is 0 Å². The number of hydrogen-bond donors (Lipinski definition) is 1. The number of carbonyl (C=O) groups is 2. The van der Waals surface area contributed by atoms with Crippen molar-refractivity contribution in [3.8, 4) is 17.2 Å². The van der Waals surface area contributed by atoms with E-state index in [0.29, 0.717) is 22.6 Å². The first-order valence-corrected chi connectivity index (χ1v) is 8.56. The molecule has 3 aromatic rings. The number of aromatic nitrogens is 3. The van der Waals surface area contributed by atoms with Crippen LogP contribution >= 0.6 is 0 Å². The Morgan fingerprint density at radius 2 is 1.86 bits per heavy atom. The van der Waals surface area contributed by atoms with Crippen LogP contribution in [0, 0.1) is 0 Å². The summed E-state index contributed by atoms with van der Waals surface area (Å²) in [7, 11) is 2.87. The number of hydrogen-bond acceptors (Lipinski definition) is 8. The highest BCUT2D eigenvalue weighted by atomic mass is 16.6. The number of fused-ring (bicyclic) bond motifs is 1. The third-order valence-electron chi connectivity index (χ3n) is 3.85. The predicted octanol–water partition coefficient (Wildman–Crippen LogP) is 1.52. The minimum Gasteiger partial charge on any atom is -0.493 e. The molecule has 29 heavy (non-hydrogen) atoms. The molecule has 0 radical (unpaired) electrons. The van der Waals surface area contributed by atoms with Crippen LogP contribution in [0.25, 0.3) is 11.0 Å². The van der Waals surface area contributed by atoms with E-state index in [2.05, 4.69) is 20.8 Å². The van der Waals surface area contributed by atoms with E-state index in [1.165, 1.54) is 32.0 Å². The van der Waals surface area contributed by atoms with Gasteiger partial charge in [0.25, 0.3) is 5.91 Å². The number of methoxy groups -OCH3 is 2. The summed E-state index contributed by atoms with van der Waals surface area (Å²) in [5, 5.41) is 11.9. The van der Waals surface area contributed by atoms with Crippen molar-refractivity contribution in [2.75, 3.05) is 14.2 Å². The van der Waals surface area contributed by atoms with Gasteiger partial charge >= 0.3 is 5.97 Å². The lowest BCUT2D eigenvalue weighted by Crippen LogP contribution is -2.23. The van der Waals surface area contributed by atoms with Crippen LogP contribution in [0.5, 0.6) is 17.2 Å². The van der Waals surface area contributed by atoms with Crippen molar-refractivity contribution in [1.29, 1.82) is 0 Å². The number of nitrogens with zero attached hydrogens (tertiary/aromatic N) is 4. The fraction of sp³-hybridized carbons (Fsp3) is 0.211. The van der Waals surface area contributed by atoms with Crippen LogP contribution in [0.1, 0.15) is 12.5 Å². The Hall–Kier alpha value is -3.95. The molecular formula is C19H19N5O5. The van der Waals surface area contributed by atoms with Gasteiger partial charge in [-0.05, 0) is 24.3 Å². The summed E-state index contributed by atoms with van der Waals surface area (Å²) in [5.41, 5.74) is 4.46. The SMILES string of the molecule is COc1cc(/C=N/NC(=O)Cn2nnc3ccccc32)cc(OC)c1OC(C)=O. The maximum absolute atomic E-state index is 12.1. The second-order valence-corrected chi connectivity index (χ2v) is 5.88. The Morgan fingerprint density at radius 1 is 1.17 bits per heavy atom. The van der Waals surface area contributed by atoms with Crippen LogP contribution in [-0.2, 0) is 16.1 Å². The summed E-state index contributed by atoms with van der Waals surface area (Å²) >= 11 is 0. The Balaban J connectivity index is 1.70. The number of amides is 1. The van der Waals surface area contributed by atoms with Crippen molar-refractivity contribution >= 4 is 29.1 Å². The van der Waals surface area contributed by atoms with Crippen molar-refractivity contribution < 1.29 is 23.8 Å². The maximum Gasteiger partial charge on any atom is 0.308 e. The lowest BCUT2D eigenvalue weighted by atomic mass is 10.2. The number of ether oxygens (including phenoxy) is 3. The van der Waals surface area contributed by atoms with E-state index in [9.17, 15) is 9.59 Å². The van der Waals surface area contributed by atoms with E-state index in [-0.39, 0.29) is 18.2 Å². The number of nitrogens with one attached hydrogen (secondary N) is 1. The van der Waals surface area contributed by atoms with Gasteiger partial charge < -0.3 is 14.2 Å². The summed E-state index contributed by atoms with van der Waals surface area (Å²) in [6, 6.07) is 10.5. The van der Waals surface area contributed by atoms with E-state index >= 15 is 0 Å². The zero-order valence-corrected chi connectivity index (χ0v) is 16.1. The molecule has 2 aromatic carbocycles. The first-order chi connectivity index (χ1) is 14.0. The summed E-state index contributed by atoms with van der Waals surface area (Å²) in [4.78, 5) is 23.4. The quantitative estimate of drug-likeness (QED) is 0.278. The molecular weight excluding hydrogens is 378 g/mol. The second-order valence-electron chi connectivity index (χ2n) is 5.88. The molecule has 10 nitrogen and oxygen atoms in total. The number of hydrazone groups is 1. The van der Waals surface area contributed by atoms with Crippen molar-refractivity contribution in [2.45, 2.75) is 13.5 Å². The molecule has 3 rings (SSSR count). The molecule has 0 aliphatic heterocycles. The van der Waals surface area contributed by atoms with E-state index in [1.807, 2.05) is 24.3 Å². The number of para-hydroxylation sites is 1. The van der Waals surface area contributed by atoms with Gasteiger partial charge in [-0.3, -0.25) is 9.59 Å². The summed E-state index contributed by atoms with van der Waals surface area (Å²) in [5.74, 6) is -0.118. The Kier molecular flexibility index (Phi) is 6.03.